The van der Waals surface area contributed by atoms with Gasteiger partial charge in [-0.2, -0.15) is 4.31 Å². The van der Waals surface area contributed by atoms with Gasteiger partial charge in [0.15, 0.2) is 0 Å². The summed E-state index contributed by atoms with van der Waals surface area (Å²) in [5.74, 6) is 0.274. The van der Waals surface area contributed by atoms with E-state index in [4.69, 9.17) is 10.5 Å². The number of nitrogens with zero attached hydrogens (tertiary/aromatic N) is 2. The SMILES string of the molecule is N[C@H]1C[C@H]2CC[C@@H](C1)N2S(=O)(=O)CC1CCN(C(=O)OCc2ccccc2)CC1. The van der Waals surface area contributed by atoms with Gasteiger partial charge in [-0.3, -0.25) is 0 Å². The highest BCUT2D eigenvalue weighted by Crippen LogP contribution is 2.38. The van der Waals surface area contributed by atoms with Gasteiger partial charge in [0.25, 0.3) is 0 Å². The Labute approximate surface area is 173 Å². The molecule has 1 aromatic carbocycles. The number of ether oxygens (including phenoxy) is 1. The van der Waals surface area contributed by atoms with Crippen molar-refractivity contribution in [2.75, 3.05) is 18.8 Å². The summed E-state index contributed by atoms with van der Waals surface area (Å²) < 4.78 is 33.3. The van der Waals surface area contributed by atoms with Crippen LogP contribution in [0.2, 0.25) is 0 Å². The zero-order valence-electron chi connectivity index (χ0n) is 16.8. The summed E-state index contributed by atoms with van der Waals surface area (Å²) in [6.45, 7) is 1.35. The fourth-order valence-electron chi connectivity index (χ4n) is 5.11. The maximum absolute atomic E-state index is 13.1. The lowest BCUT2D eigenvalue weighted by molar-refractivity contribution is 0.0838. The molecule has 7 nitrogen and oxygen atoms in total. The number of piperidine rings is 2. The molecule has 1 amide bonds. The number of amides is 1. The number of fused-ring (bicyclic) bond motifs is 2. The van der Waals surface area contributed by atoms with Crippen LogP contribution in [0.25, 0.3) is 0 Å². The van der Waals surface area contributed by atoms with E-state index < -0.39 is 10.0 Å². The van der Waals surface area contributed by atoms with Crippen LogP contribution in [0, 0.1) is 5.92 Å². The smallest absolute Gasteiger partial charge is 0.410 e. The van der Waals surface area contributed by atoms with E-state index in [1.807, 2.05) is 30.3 Å². The van der Waals surface area contributed by atoms with Crippen LogP contribution in [-0.2, 0) is 21.4 Å². The first kappa shape index (κ1) is 20.6. The van der Waals surface area contributed by atoms with E-state index in [0.717, 1.165) is 31.2 Å². The molecule has 2 N–H and O–H groups in total. The Morgan fingerprint density at radius 1 is 1.03 bits per heavy atom. The van der Waals surface area contributed by atoms with Crippen molar-refractivity contribution in [3.63, 3.8) is 0 Å². The number of hydrogen-bond acceptors (Lipinski definition) is 5. The summed E-state index contributed by atoms with van der Waals surface area (Å²) in [4.78, 5) is 14.0. The van der Waals surface area contributed by atoms with E-state index in [0.29, 0.717) is 25.9 Å². The second kappa shape index (κ2) is 8.62. The summed E-state index contributed by atoms with van der Waals surface area (Å²) in [5.41, 5.74) is 7.04. The third-order valence-corrected chi connectivity index (χ3v) is 8.68. The second-order valence-electron chi connectivity index (χ2n) is 8.70. The molecule has 3 heterocycles. The molecule has 0 aliphatic carbocycles. The molecule has 0 radical (unpaired) electrons. The number of hydrogen-bond donors (Lipinski definition) is 1. The van der Waals surface area contributed by atoms with Gasteiger partial charge >= 0.3 is 6.09 Å². The average Bonchev–Trinajstić information content (AvgIpc) is 3.00. The van der Waals surface area contributed by atoms with E-state index in [1.165, 1.54) is 0 Å². The first-order valence-corrected chi connectivity index (χ1v) is 12.3. The average molecular weight is 422 g/mol. The molecular formula is C21H31N3O4S. The summed E-state index contributed by atoms with van der Waals surface area (Å²) in [5, 5.41) is 0. The number of nitrogens with two attached hydrogens (primary N) is 1. The molecule has 3 saturated heterocycles. The molecule has 3 aliphatic heterocycles. The van der Waals surface area contributed by atoms with Gasteiger partial charge in [-0.05, 0) is 50.0 Å². The van der Waals surface area contributed by atoms with Crippen LogP contribution < -0.4 is 5.73 Å². The van der Waals surface area contributed by atoms with Crippen LogP contribution in [-0.4, -0.2) is 60.7 Å². The number of benzene rings is 1. The minimum atomic E-state index is -3.28. The molecular weight excluding hydrogens is 390 g/mol. The highest BCUT2D eigenvalue weighted by Gasteiger charge is 2.46. The zero-order chi connectivity index (χ0) is 20.4. The first-order valence-electron chi connectivity index (χ1n) is 10.6. The Balaban J connectivity index is 1.26. The molecule has 0 saturated carbocycles. The Kier molecular flexibility index (Phi) is 6.13. The number of carbonyl (C=O) groups is 1. The Hall–Kier alpha value is -1.64. The van der Waals surface area contributed by atoms with Crippen molar-refractivity contribution < 1.29 is 17.9 Å². The quantitative estimate of drug-likeness (QED) is 0.788. The van der Waals surface area contributed by atoms with Crippen LogP contribution in [0.4, 0.5) is 4.79 Å². The van der Waals surface area contributed by atoms with Crippen LogP contribution >= 0.6 is 0 Å². The number of rotatable bonds is 5. The minimum absolute atomic E-state index is 0.0850. The number of sulfonamides is 1. The van der Waals surface area contributed by atoms with Crippen molar-refractivity contribution in [2.45, 2.75) is 63.3 Å². The molecule has 2 bridgehead atoms. The van der Waals surface area contributed by atoms with Gasteiger partial charge < -0.3 is 15.4 Å². The molecule has 3 aliphatic rings. The maximum Gasteiger partial charge on any atom is 0.410 e. The minimum Gasteiger partial charge on any atom is -0.445 e. The molecule has 3 atom stereocenters. The van der Waals surface area contributed by atoms with Gasteiger partial charge in [0.2, 0.25) is 10.0 Å². The third-order valence-electron chi connectivity index (χ3n) is 6.55. The summed E-state index contributed by atoms with van der Waals surface area (Å²) in [7, 11) is -3.28. The van der Waals surface area contributed by atoms with Gasteiger partial charge in [-0.25, -0.2) is 13.2 Å². The zero-order valence-corrected chi connectivity index (χ0v) is 17.6. The fraction of sp³-hybridized carbons (Fsp3) is 0.667. The van der Waals surface area contributed by atoms with Gasteiger partial charge in [0, 0.05) is 31.2 Å². The molecule has 29 heavy (non-hydrogen) atoms. The normalized spacial score (nSPS) is 28.4. The monoisotopic (exact) mass is 421 g/mol. The molecule has 0 unspecified atom stereocenters. The number of carbonyl (C=O) groups excluding carboxylic acids is 1. The van der Waals surface area contributed by atoms with Crippen molar-refractivity contribution in [3.05, 3.63) is 35.9 Å². The Morgan fingerprint density at radius 2 is 1.66 bits per heavy atom. The van der Waals surface area contributed by atoms with Crippen LogP contribution in [0.3, 0.4) is 0 Å². The highest BCUT2D eigenvalue weighted by atomic mass is 32.2. The van der Waals surface area contributed by atoms with Crippen LogP contribution in [0.5, 0.6) is 0 Å². The molecule has 1 aromatic rings. The van der Waals surface area contributed by atoms with Crippen LogP contribution in [0.1, 0.15) is 44.1 Å². The molecule has 0 aromatic heterocycles. The molecule has 3 fully saturated rings. The predicted molar refractivity (Wildman–Crippen MR) is 111 cm³/mol. The van der Waals surface area contributed by atoms with Crippen molar-refractivity contribution in [2.24, 2.45) is 11.7 Å². The summed E-state index contributed by atoms with van der Waals surface area (Å²) >= 11 is 0. The second-order valence-corrected chi connectivity index (χ2v) is 10.6. The molecule has 4 rings (SSSR count). The Bertz CT molecular complexity index is 794. The van der Waals surface area contributed by atoms with Gasteiger partial charge in [-0.1, -0.05) is 30.3 Å². The molecule has 0 spiro atoms. The van der Waals surface area contributed by atoms with E-state index in [2.05, 4.69) is 0 Å². The predicted octanol–water partition coefficient (Wildman–Crippen LogP) is 2.32. The van der Waals surface area contributed by atoms with Crippen LogP contribution in [0.15, 0.2) is 30.3 Å². The lowest BCUT2D eigenvalue weighted by Crippen LogP contribution is -2.51. The van der Waals surface area contributed by atoms with Crippen molar-refractivity contribution in [3.8, 4) is 0 Å². The van der Waals surface area contributed by atoms with Gasteiger partial charge in [0.1, 0.15) is 6.61 Å². The summed E-state index contributed by atoms with van der Waals surface area (Å²) in [6.07, 6.45) is 4.50. The topological polar surface area (TPSA) is 92.9 Å². The van der Waals surface area contributed by atoms with E-state index in [9.17, 15) is 13.2 Å². The molecule has 8 heteroatoms. The lowest BCUT2D eigenvalue weighted by atomic mass is 9.99. The first-order chi connectivity index (χ1) is 13.9. The highest BCUT2D eigenvalue weighted by molar-refractivity contribution is 7.89. The van der Waals surface area contributed by atoms with E-state index in [-0.39, 0.29) is 42.5 Å². The fourth-order valence-corrected chi connectivity index (χ4v) is 7.50. The van der Waals surface area contributed by atoms with E-state index in [1.54, 1.807) is 9.21 Å². The largest absolute Gasteiger partial charge is 0.445 e. The van der Waals surface area contributed by atoms with E-state index >= 15 is 0 Å². The van der Waals surface area contributed by atoms with Gasteiger partial charge in [0.05, 0.1) is 5.75 Å². The van der Waals surface area contributed by atoms with Crippen molar-refractivity contribution in [1.29, 1.82) is 0 Å². The van der Waals surface area contributed by atoms with Crippen molar-refractivity contribution >= 4 is 16.1 Å². The molecule has 160 valence electrons. The Morgan fingerprint density at radius 3 is 2.28 bits per heavy atom. The third kappa shape index (κ3) is 4.75. The van der Waals surface area contributed by atoms with Gasteiger partial charge in [-0.15, -0.1) is 0 Å². The lowest BCUT2D eigenvalue weighted by Gasteiger charge is -2.38. The summed E-state index contributed by atoms with van der Waals surface area (Å²) in [6, 6.07) is 9.89. The maximum atomic E-state index is 13.1. The van der Waals surface area contributed by atoms with Crippen molar-refractivity contribution in [1.82, 2.24) is 9.21 Å². The number of likely N-dealkylation sites (tertiary alicyclic amines) is 1. The standard InChI is InChI=1S/C21H31N3O4S/c22-18-12-19-6-7-20(13-18)24(19)29(26,27)15-17-8-10-23(11-9-17)21(25)28-14-16-4-2-1-3-5-16/h1-5,17-20H,6-15,22H2/t18-,19+,20-.